The fourth-order valence-corrected chi connectivity index (χ4v) is 7.92. The summed E-state index contributed by atoms with van der Waals surface area (Å²) in [7, 11) is 8.97. The Morgan fingerprint density at radius 1 is 0.590 bits per heavy atom. The van der Waals surface area contributed by atoms with Crippen LogP contribution < -0.4 is 39.5 Å². The number of nitrogens with two attached hydrogens (primary N) is 1. The molecule has 8 aromatic rings. The van der Waals surface area contributed by atoms with Gasteiger partial charge in [-0.2, -0.15) is 0 Å². The van der Waals surface area contributed by atoms with Gasteiger partial charge in [-0.05, 0) is 72.3 Å². The molecule has 0 spiro atoms. The zero-order valence-corrected chi connectivity index (χ0v) is 36.1. The van der Waals surface area contributed by atoms with Crippen molar-refractivity contribution in [2.24, 2.45) is 0 Å². The second-order valence-electron chi connectivity index (χ2n) is 12.4. The lowest BCUT2D eigenvalue weighted by Gasteiger charge is -2.14. The van der Waals surface area contributed by atoms with Crippen molar-refractivity contribution in [2.75, 3.05) is 53.7 Å². The summed E-state index contributed by atoms with van der Waals surface area (Å²) in [5.41, 5.74) is 11.7. The molecule has 312 valence electrons. The lowest BCUT2D eigenvalue weighted by Crippen LogP contribution is -2.13. The van der Waals surface area contributed by atoms with Crippen LogP contribution in [0.1, 0.15) is 20.7 Å². The molecule has 1 amide bonds. The SMILES string of the molecule is COc1cc(C(=O)Cl)cc(OC)c1OC.COc1cc(C(=O)Nc2ccccc2-c2nc3ccncc3s2)cc(OC)c1OC.Nc1ccccc1-c1nc2ccncc2s1. The predicted octanol–water partition coefficient (Wildman–Crippen LogP) is 9.67. The fourth-order valence-electron chi connectivity index (χ4n) is 5.86. The highest BCUT2D eigenvalue weighted by Gasteiger charge is 2.19. The molecule has 0 bridgehead atoms. The Labute approximate surface area is 363 Å². The molecule has 0 unspecified atom stereocenters. The molecule has 0 aliphatic heterocycles. The third-order valence-corrected chi connectivity index (χ3v) is 11.1. The van der Waals surface area contributed by atoms with Gasteiger partial charge in [0.15, 0.2) is 23.0 Å². The highest BCUT2D eigenvalue weighted by Crippen LogP contribution is 2.40. The fraction of sp³-hybridized carbons (Fsp3) is 0.136. The molecule has 61 heavy (non-hydrogen) atoms. The highest BCUT2D eigenvalue weighted by atomic mass is 35.5. The number of nitrogens with zero attached hydrogens (tertiary/aromatic N) is 4. The second kappa shape index (κ2) is 20.3. The van der Waals surface area contributed by atoms with E-state index in [9.17, 15) is 9.59 Å². The Kier molecular flexibility index (Phi) is 14.5. The van der Waals surface area contributed by atoms with Crippen molar-refractivity contribution in [3.05, 3.63) is 121 Å². The summed E-state index contributed by atoms with van der Waals surface area (Å²) >= 11 is 8.50. The maximum absolute atomic E-state index is 13.0. The first-order chi connectivity index (χ1) is 29.6. The van der Waals surface area contributed by atoms with Gasteiger partial charge in [0.25, 0.3) is 11.1 Å². The van der Waals surface area contributed by atoms with Crippen LogP contribution in [0.2, 0.25) is 0 Å². The van der Waals surface area contributed by atoms with Gasteiger partial charge in [-0.3, -0.25) is 19.6 Å². The van der Waals surface area contributed by atoms with E-state index in [1.807, 2.05) is 66.9 Å². The Morgan fingerprint density at radius 2 is 1.03 bits per heavy atom. The number of anilines is 2. The molecule has 0 fully saturated rings. The molecule has 0 aliphatic rings. The summed E-state index contributed by atoms with van der Waals surface area (Å²) in [6, 6.07) is 25.3. The van der Waals surface area contributed by atoms with E-state index in [1.165, 1.54) is 66.1 Å². The van der Waals surface area contributed by atoms with E-state index < -0.39 is 5.24 Å². The van der Waals surface area contributed by atoms with Gasteiger partial charge < -0.3 is 39.5 Å². The Bertz CT molecular complexity index is 2700. The number of thiazole rings is 2. The summed E-state index contributed by atoms with van der Waals surface area (Å²) in [5, 5.41) is 4.15. The number of ether oxygens (including phenoxy) is 6. The Balaban J connectivity index is 0.000000169. The van der Waals surface area contributed by atoms with Gasteiger partial charge in [0.2, 0.25) is 11.5 Å². The quantitative estimate of drug-likeness (QED) is 0.0927. The summed E-state index contributed by atoms with van der Waals surface area (Å²) in [6.07, 6.45) is 7.08. The summed E-state index contributed by atoms with van der Waals surface area (Å²) < 4.78 is 33.3. The minimum Gasteiger partial charge on any atom is -0.493 e. The largest absolute Gasteiger partial charge is 0.493 e. The number of pyridine rings is 2. The zero-order valence-electron chi connectivity index (χ0n) is 33.7. The minimum atomic E-state index is -0.575. The number of nitrogen functional groups attached to an aromatic ring is 1. The van der Waals surface area contributed by atoms with Crippen LogP contribution in [-0.2, 0) is 0 Å². The molecule has 0 saturated heterocycles. The van der Waals surface area contributed by atoms with Crippen molar-refractivity contribution in [1.82, 2.24) is 19.9 Å². The molecule has 0 saturated carbocycles. The van der Waals surface area contributed by atoms with Crippen LogP contribution in [-0.4, -0.2) is 73.7 Å². The molecule has 4 aromatic carbocycles. The molecule has 17 heteroatoms. The average Bonchev–Trinajstić information content (AvgIpc) is 3.93. The number of methoxy groups -OCH3 is 6. The van der Waals surface area contributed by atoms with Crippen LogP contribution in [0.15, 0.2) is 110 Å². The van der Waals surface area contributed by atoms with Crippen molar-refractivity contribution in [3.63, 3.8) is 0 Å². The number of fused-ring (bicyclic) bond motifs is 2. The monoisotopic (exact) mass is 878 g/mol. The Hall–Kier alpha value is -7.01. The number of nitrogens with one attached hydrogen (secondary N) is 1. The molecule has 0 aliphatic carbocycles. The van der Waals surface area contributed by atoms with Gasteiger partial charge in [0.05, 0.1) is 68.8 Å². The van der Waals surface area contributed by atoms with Crippen molar-refractivity contribution >= 4 is 77.2 Å². The maximum atomic E-state index is 13.0. The van der Waals surface area contributed by atoms with Crippen LogP contribution in [0.25, 0.3) is 41.6 Å². The lowest BCUT2D eigenvalue weighted by molar-refractivity contribution is 0.102. The smallest absolute Gasteiger partial charge is 0.255 e. The number of hydrogen-bond donors (Lipinski definition) is 2. The van der Waals surface area contributed by atoms with Crippen molar-refractivity contribution in [1.29, 1.82) is 0 Å². The molecular weight excluding hydrogens is 840 g/mol. The molecule has 0 atom stereocenters. The number of aromatic nitrogens is 4. The van der Waals surface area contributed by atoms with Crippen LogP contribution in [0.5, 0.6) is 34.5 Å². The molecule has 4 aromatic heterocycles. The summed E-state index contributed by atoms with van der Waals surface area (Å²) in [5.74, 6) is 2.19. The van der Waals surface area contributed by atoms with E-state index >= 15 is 0 Å². The van der Waals surface area contributed by atoms with E-state index in [2.05, 4.69) is 25.3 Å². The molecule has 14 nitrogen and oxygen atoms in total. The van der Waals surface area contributed by atoms with Crippen LogP contribution in [0.3, 0.4) is 0 Å². The van der Waals surface area contributed by atoms with E-state index in [-0.39, 0.29) is 5.91 Å². The first kappa shape index (κ1) is 43.6. The first-order valence-corrected chi connectivity index (χ1v) is 20.1. The van der Waals surface area contributed by atoms with Crippen LogP contribution in [0.4, 0.5) is 11.4 Å². The van der Waals surface area contributed by atoms with E-state index in [4.69, 9.17) is 45.8 Å². The van der Waals surface area contributed by atoms with Gasteiger partial charge in [-0.25, -0.2) is 9.97 Å². The highest BCUT2D eigenvalue weighted by molar-refractivity contribution is 7.22. The van der Waals surface area contributed by atoms with Gasteiger partial charge in [-0.15, -0.1) is 22.7 Å². The van der Waals surface area contributed by atoms with Gasteiger partial charge >= 0.3 is 0 Å². The predicted molar refractivity (Wildman–Crippen MR) is 240 cm³/mol. The maximum Gasteiger partial charge on any atom is 0.255 e. The van der Waals surface area contributed by atoms with Gasteiger partial charge in [0.1, 0.15) is 10.0 Å². The topological polar surface area (TPSA) is 179 Å². The third kappa shape index (κ3) is 10.1. The number of carbonyl (C=O) groups is 2. The molecule has 3 N–H and O–H groups in total. The number of halogens is 1. The van der Waals surface area contributed by atoms with Crippen LogP contribution >= 0.6 is 34.3 Å². The number of hydrogen-bond acceptors (Lipinski definition) is 15. The normalized spacial score (nSPS) is 10.4. The van der Waals surface area contributed by atoms with Crippen molar-refractivity contribution in [3.8, 4) is 55.6 Å². The number of carbonyl (C=O) groups excluding carboxylic acids is 2. The average molecular weight is 879 g/mol. The molecular formula is C44H39ClN6O8S2. The van der Waals surface area contributed by atoms with Gasteiger partial charge in [0, 0.05) is 52.7 Å². The van der Waals surface area contributed by atoms with E-state index in [0.29, 0.717) is 51.3 Å². The van der Waals surface area contributed by atoms with Crippen LogP contribution in [0, 0.1) is 0 Å². The van der Waals surface area contributed by atoms with Crippen molar-refractivity contribution in [2.45, 2.75) is 0 Å². The van der Waals surface area contributed by atoms with Crippen molar-refractivity contribution < 1.29 is 38.0 Å². The number of benzene rings is 4. The first-order valence-electron chi connectivity index (χ1n) is 18.1. The lowest BCUT2D eigenvalue weighted by atomic mass is 10.1. The standard InChI is InChI=1S/C22H19N3O4S.C12H9N3S.C10H11ClO4/c1-27-17-10-13(11-18(28-2)20(17)29-3)21(26)24-15-7-5-4-6-14(15)22-25-16-8-9-23-12-19(16)30-22;13-9-4-2-1-3-8(9)12-15-10-5-6-14-7-11(10)16-12;1-13-7-4-6(10(11)12)5-8(14-2)9(7)15-3/h4-12H,1-3H3,(H,24,26);1-7H,13H2;4-5H,1-3H3. The zero-order chi connectivity index (χ0) is 43.5. The summed E-state index contributed by atoms with van der Waals surface area (Å²) in [4.78, 5) is 41.4. The molecule has 4 heterocycles. The molecule has 0 radical (unpaired) electrons. The summed E-state index contributed by atoms with van der Waals surface area (Å²) in [6.45, 7) is 0. The minimum absolute atomic E-state index is 0.297. The van der Waals surface area contributed by atoms with E-state index in [0.717, 1.165) is 47.3 Å². The third-order valence-electron chi connectivity index (χ3n) is 8.80. The van der Waals surface area contributed by atoms with E-state index in [1.54, 1.807) is 42.1 Å². The second-order valence-corrected chi connectivity index (χ2v) is 14.8. The number of amides is 1. The molecule has 8 rings (SSSR count). The Morgan fingerprint density at radius 3 is 1.48 bits per heavy atom. The number of para-hydroxylation sites is 2. The van der Waals surface area contributed by atoms with Gasteiger partial charge in [-0.1, -0.05) is 24.3 Å². The number of rotatable bonds is 11.